The number of aryl methyl sites for hydroxylation is 1. The van der Waals surface area contributed by atoms with Crippen molar-refractivity contribution < 1.29 is 17.9 Å². The zero-order chi connectivity index (χ0) is 20.1. The van der Waals surface area contributed by atoms with Crippen molar-refractivity contribution in [1.82, 2.24) is 0 Å². The minimum absolute atomic E-state index is 0.123. The minimum atomic E-state index is -3.44. The highest BCUT2D eigenvalue weighted by Gasteiger charge is 2.16. The number of sulfone groups is 1. The average Bonchev–Trinajstić information content (AvgIpc) is 2.68. The van der Waals surface area contributed by atoms with Crippen molar-refractivity contribution in [3.05, 3.63) is 99.5 Å². The quantitative estimate of drug-likeness (QED) is 0.482. The predicted molar refractivity (Wildman–Crippen MR) is 112 cm³/mol. The number of hydrogen-bond donors (Lipinski definition) is 0. The molecule has 0 saturated carbocycles. The Morgan fingerprint density at radius 2 is 1.57 bits per heavy atom. The lowest BCUT2D eigenvalue weighted by Crippen LogP contribution is -2.07. The summed E-state index contributed by atoms with van der Waals surface area (Å²) < 4.78 is 31.3. The van der Waals surface area contributed by atoms with Gasteiger partial charge >= 0.3 is 5.97 Å². The summed E-state index contributed by atoms with van der Waals surface area (Å²) in [6.07, 6.45) is 0. The molecule has 144 valence electrons. The van der Waals surface area contributed by atoms with Gasteiger partial charge in [-0.15, -0.1) is 0 Å². The van der Waals surface area contributed by atoms with Crippen LogP contribution in [0, 0.1) is 6.92 Å². The van der Waals surface area contributed by atoms with Crippen LogP contribution in [0.1, 0.15) is 27.0 Å². The van der Waals surface area contributed by atoms with Crippen molar-refractivity contribution in [2.45, 2.75) is 24.2 Å². The van der Waals surface area contributed by atoms with Gasteiger partial charge in [-0.25, -0.2) is 13.2 Å². The number of carbonyl (C=O) groups is 1. The molecule has 0 fully saturated rings. The van der Waals surface area contributed by atoms with Gasteiger partial charge in [0.15, 0.2) is 9.84 Å². The number of rotatable bonds is 6. The highest BCUT2D eigenvalue weighted by atomic mass is 79.9. The first-order valence-corrected chi connectivity index (χ1v) is 11.1. The van der Waals surface area contributed by atoms with Gasteiger partial charge in [0.1, 0.15) is 6.61 Å². The zero-order valence-electron chi connectivity index (χ0n) is 15.3. The Morgan fingerprint density at radius 1 is 0.929 bits per heavy atom. The largest absolute Gasteiger partial charge is 0.457 e. The van der Waals surface area contributed by atoms with Gasteiger partial charge in [-0.05, 0) is 42.8 Å². The van der Waals surface area contributed by atoms with Gasteiger partial charge in [-0.2, -0.15) is 0 Å². The molecular weight excluding hydrogens is 440 g/mol. The van der Waals surface area contributed by atoms with Crippen molar-refractivity contribution in [2.75, 3.05) is 0 Å². The van der Waals surface area contributed by atoms with Crippen molar-refractivity contribution in [3.63, 3.8) is 0 Å². The van der Waals surface area contributed by atoms with E-state index < -0.39 is 15.8 Å². The topological polar surface area (TPSA) is 60.4 Å². The van der Waals surface area contributed by atoms with Crippen molar-refractivity contribution in [3.8, 4) is 0 Å². The molecule has 6 heteroatoms. The molecule has 28 heavy (non-hydrogen) atoms. The molecule has 3 rings (SSSR count). The Hall–Kier alpha value is -2.44. The summed E-state index contributed by atoms with van der Waals surface area (Å²) in [5.74, 6) is -0.578. The fourth-order valence-electron chi connectivity index (χ4n) is 2.63. The maximum atomic E-state index is 12.5. The Kier molecular flexibility index (Phi) is 6.31. The van der Waals surface area contributed by atoms with E-state index in [1.165, 1.54) is 0 Å². The maximum Gasteiger partial charge on any atom is 0.338 e. The molecule has 0 heterocycles. The lowest BCUT2D eigenvalue weighted by molar-refractivity contribution is 0.0472. The number of benzene rings is 3. The summed E-state index contributed by atoms with van der Waals surface area (Å²) >= 11 is 3.41. The third-order valence-electron chi connectivity index (χ3n) is 4.24. The Bertz CT molecular complexity index is 1070. The molecule has 0 aliphatic rings. The van der Waals surface area contributed by atoms with Gasteiger partial charge in [0.25, 0.3) is 0 Å². The molecule has 0 unspecified atom stereocenters. The average molecular weight is 459 g/mol. The van der Waals surface area contributed by atoms with Crippen LogP contribution < -0.4 is 0 Å². The molecule has 0 N–H and O–H groups in total. The van der Waals surface area contributed by atoms with Gasteiger partial charge in [-0.3, -0.25) is 0 Å². The zero-order valence-corrected chi connectivity index (χ0v) is 17.7. The van der Waals surface area contributed by atoms with E-state index in [4.69, 9.17) is 4.74 Å². The summed E-state index contributed by atoms with van der Waals surface area (Å²) in [4.78, 5) is 12.5. The molecule has 0 radical (unpaired) electrons. The number of hydrogen-bond acceptors (Lipinski definition) is 4. The first-order chi connectivity index (χ1) is 13.3. The van der Waals surface area contributed by atoms with Crippen molar-refractivity contribution >= 4 is 31.7 Å². The van der Waals surface area contributed by atoms with E-state index in [0.717, 1.165) is 15.6 Å². The molecule has 3 aromatic rings. The summed E-state index contributed by atoms with van der Waals surface area (Å²) in [5, 5.41) is 0. The molecule has 3 aromatic carbocycles. The third-order valence-corrected chi connectivity index (χ3v) is 6.72. The van der Waals surface area contributed by atoms with Crippen molar-refractivity contribution in [1.29, 1.82) is 0 Å². The minimum Gasteiger partial charge on any atom is -0.457 e. The molecule has 0 atom stereocenters. The van der Waals surface area contributed by atoms with E-state index >= 15 is 0 Å². The highest BCUT2D eigenvalue weighted by molar-refractivity contribution is 9.10. The number of carbonyl (C=O) groups excluding carboxylic acids is 1. The SMILES string of the molecule is Cc1ccc(S(=O)(=O)Cc2ccc(C(=O)OCc3ccccc3Br)cc2)cc1. The van der Waals surface area contributed by atoms with Crippen LogP contribution in [0.4, 0.5) is 0 Å². The van der Waals surface area contributed by atoms with Crippen molar-refractivity contribution in [2.24, 2.45) is 0 Å². The van der Waals surface area contributed by atoms with Gasteiger partial charge in [0, 0.05) is 10.0 Å². The van der Waals surface area contributed by atoms with Gasteiger partial charge < -0.3 is 4.74 Å². The second-order valence-corrected chi connectivity index (χ2v) is 9.28. The second kappa shape index (κ2) is 8.71. The summed E-state index contributed by atoms with van der Waals surface area (Å²) in [7, 11) is -3.44. The van der Waals surface area contributed by atoms with Crippen LogP contribution >= 0.6 is 15.9 Å². The fourth-order valence-corrected chi connectivity index (χ4v) is 4.38. The molecule has 0 aliphatic heterocycles. The van der Waals surface area contributed by atoms with Crippen LogP contribution in [0.15, 0.2) is 82.2 Å². The number of halogens is 1. The predicted octanol–water partition coefficient (Wildman–Crippen LogP) is 5.09. The van der Waals surface area contributed by atoms with Crippen LogP contribution in [-0.4, -0.2) is 14.4 Å². The Morgan fingerprint density at radius 3 is 2.21 bits per heavy atom. The lowest BCUT2D eigenvalue weighted by atomic mass is 10.1. The van der Waals surface area contributed by atoms with Crippen LogP contribution in [0.25, 0.3) is 0 Å². The fraction of sp³-hybridized carbons (Fsp3) is 0.136. The molecule has 0 bridgehead atoms. The first kappa shape index (κ1) is 20.3. The van der Waals surface area contributed by atoms with E-state index in [-0.39, 0.29) is 17.3 Å². The van der Waals surface area contributed by atoms with E-state index in [0.29, 0.717) is 11.1 Å². The van der Waals surface area contributed by atoms with E-state index in [1.54, 1.807) is 48.5 Å². The van der Waals surface area contributed by atoms with Crippen LogP contribution in [0.5, 0.6) is 0 Å². The first-order valence-electron chi connectivity index (χ1n) is 8.64. The summed E-state index contributed by atoms with van der Waals surface area (Å²) in [6.45, 7) is 2.06. The lowest BCUT2D eigenvalue weighted by Gasteiger charge is -2.08. The molecule has 0 amide bonds. The standard InChI is InChI=1S/C22H19BrO4S/c1-16-6-12-20(13-7-16)28(25,26)15-17-8-10-18(11-9-17)22(24)27-14-19-4-2-3-5-21(19)23/h2-13H,14-15H2,1H3. The Labute approximate surface area is 173 Å². The monoisotopic (exact) mass is 458 g/mol. The van der Waals surface area contributed by atoms with Gasteiger partial charge in [0.2, 0.25) is 0 Å². The number of esters is 1. The van der Waals surface area contributed by atoms with Crippen LogP contribution in [0.3, 0.4) is 0 Å². The van der Waals surface area contributed by atoms with E-state index in [1.807, 2.05) is 31.2 Å². The smallest absolute Gasteiger partial charge is 0.338 e. The molecule has 0 saturated heterocycles. The molecule has 4 nitrogen and oxygen atoms in total. The normalized spacial score (nSPS) is 11.2. The molecule has 0 aromatic heterocycles. The van der Waals surface area contributed by atoms with Crippen LogP contribution in [-0.2, 0) is 26.9 Å². The van der Waals surface area contributed by atoms with E-state index in [2.05, 4.69) is 15.9 Å². The van der Waals surface area contributed by atoms with Crippen LogP contribution in [0.2, 0.25) is 0 Å². The molecule has 0 spiro atoms. The molecular formula is C22H19BrO4S. The third kappa shape index (κ3) is 5.09. The second-order valence-electron chi connectivity index (χ2n) is 6.44. The Balaban J connectivity index is 1.65. The summed E-state index contributed by atoms with van der Waals surface area (Å²) in [6, 6.07) is 20.7. The highest BCUT2D eigenvalue weighted by Crippen LogP contribution is 2.19. The maximum absolute atomic E-state index is 12.5. The summed E-state index contributed by atoms with van der Waals surface area (Å²) in [5.41, 5.74) is 2.87. The number of ether oxygens (including phenoxy) is 1. The van der Waals surface area contributed by atoms with Gasteiger partial charge in [0.05, 0.1) is 16.2 Å². The molecule has 0 aliphatic carbocycles. The van der Waals surface area contributed by atoms with E-state index in [9.17, 15) is 13.2 Å². The van der Waals surface area contributed by atoms with Gasteiger partial charge in [-0.1, -0.05) is 64.0 Å².